The number of hydrogen-bond acceptors (Lipinski definition) is 6. The lowest BCUT2D eigenvalue weighted by Gasteiger charge is -2.14. The molecule has 0 bridgehead atoms. The molecule has 0 spiro atoms. The Morgan fingerprint density at radius 2 is 1.52 bits per heavy atom. The minimum absolute atomic E-state index is 0.325. The van der Waals surface area contributed by atoms with Crippen LogP contribution in [0.5, 0.6) is 23.0 Å². The fraction of sp³-hybridized carbons (Fsp3) is 0.261. The van der Waals surface area contributed by atoms with Gasteiger partial charge in [0.15, 0.2) is 23.0 Å². The third-order valence-electron chi connectivity index (χ3n) is 4.01. The van der Waals surface area contributed by atoms with Gasteiger partial charge < -0.3 is 23.7 Å². The summed E-state index contributed by atoms with van der Waals surface area (Å²) < 4.78 is 26.9. The van der Waals surface area contributed by atoms with E-state index in [9.17, 15) is 4.79 Å². The van der Waals surface area contributed by atoms with Crippen LogP contribution in [-0.4, -0.2) is 40.5 Å². The zero-order valence-electron chi connectivity index (χ0n) is 17.0. The molecule has 29 heavy (non-hydrogen) atoms. The van der Waals surface area contributed by atoms with Gasteiger partial charge in [0.25, 0.3) is 0 Å². The number of carbonyl (C=O) groups is 1. The fourth-order valence-electron chi connectivity index (χ4n) is 2.57. The van der Waals surface area contributed by atoms with Crippen LogP contribution in [-0.2, 0) is 16.0 Å². The summed E-state index contributed by atoms with van der Waals surface area (Å²) in [5.74, 6) is 2.04. The molecule has 2 aromatic carbocycles. The number of carbonyl (C=O) groups excluding carboxylic acids is 1. The van der Waals surface area contributed by atoms with Crippen molar-refractivity contribution in [2.45, 2.75) is 6.42 Å². The molecule has 0 aliphatic heterocycles. The average molecular weight is 398 g/mol. The highest BCUT2D eigenvalue weighted by molar-refractivity contribution is 5.87. The number of benzene rings is 2. The van der Waals surface area contributed by atoms with Gasteiger partial charge in [0.1, 0.15) is 13.2 Å². The zero-order chi connectivity index (χ0) is 21.1. The standard InChI is InChI=1S/C23H26O6/c1-5-6-17-7-10-19(21(15-17)25-2)28-13-14-29-20-11-8-18(16-22(20)26-3)9-12-23(24)27-4/h5,7-12,15-16H,1,6,13-14H2,2-4H3/b12-9+. The minimum atomic E-state index is -0.422. The van der Waals surface area contributed by atoms with Crippen molar-refractivity contribution >= 4 is 12.0 Å². The van der Waals surface area contributed by atoms with Gasteiger partial charge in [0.05, 0.1) is 21.3 Å². The molecular formula is C23H26O6. The van der Waals surface area contributed by atoms with Crippen molar-refractivity contribution in [2.75, 3.05) is 34.5 Å². The van der Waals surface area contributed by atoms with E-state index >= 15 is 0 Å². The molecule has 0 atom stereocenters. The van der Waals surface area contributed by atoms with Crippen LogP contribution in [0.4, 0.5) is 0 Å². The third kappa shape index (κ3) is 6.60. The number of esters is 1. The summed E-state index contributed by atoms with van der Waals surface area (Å²) in [6, 6.07) is 11.2. The maximum Gasteiger partial charge on any atom is 0.330 e. The minimum Gasteiger partial charge on any atom is -0.493 e. The fourth-order valence-corrected chi connectivity index (χ4v) is 2.57. The summed E-state index contributed by atoms with van der Waals surface area (Å²) in [6.07, 6.45) is 5.60. The quantitative estimate of drug-likeness (QED) is 0.246. The Kier molecular flexibility index (Phi) is 8.63. The van der Waals surface area contributed by atoms with Crippen molar-refractivity contribution < 1.29 is 28.5 Å². The molecule has 6 nitrogen and oxygen atoms in total. The van der Waals surface area contributed by atoms with E-state index in [-0.39, 0.29) is 0 Å². The molecule has 0 aliphatic rings. The second-order valence-electron chi connectivity index (χ2n) is 5.94. The van der Waals surface area contributed by atoms with Crippen molar-refractivity contribution in [1.29, 1.82) is 0 Å². The first-order valence-electron chi connectivity index (χ1n) is 9.08. The predicted molar refractivity (Wildman–Crippen MR) is 112 cm³/mol. The highest BCUT2D eigenvalue weighted by Gasteiger charge is 2.08. The van der Waals surface area contributed by atoms with Gasteiger partial charge in [0.2, 0.25) is 0 Å². The highest BCUT2D eigenvalue weighted by atomic mass is 16.5. The summed E-state index contributed by atoms with van der Waals surface area (Å²) in [5.41, 5.74) is 1.90. The first-order chi connectivity index (χ1) is 14.1. The van der Waals surface area contributed by atoms with Gasteiger partial charge in [-0.3, -0.25) is 0 Å². The molecular weight excluding hydrogens is 372 g/mol. The summed E-state index contributed by atoms with van der Waals surface area (Å²) in [4.78, 5) is 11.2. The number of hydrogen-bond donors (Lipinski definition) is 0. The van der Waals surface area contributed by atoms with Gasteiger partial charge in [-0.1, -0.05) is 18.2 Å². The third-order valence-corrected chi connectivity index (χ3v) is 4.01. The smallest absolute Gasteiger partial charge is 0.330 e. The normalized spacial score (nSPS) is 10.4. The van der Waals surface area contributed by atoms with Gasteiger partial charge in [0, 0.05) is 6.08 Å². The summed E-state index contributed by atoms with van der Waals surface area (Å²) in [5, 5.41) is 0. The molecule has 2 aromatic rings. The number of ether oxygens (including phenoxy) is 5. The molecule has 0 aliphatic carbocycles. The average Bonchev–Trinajstić information content (AvgIpc) is 2.76. The molecule has 0 amide bonds. The van der Waals surface area contributed by atoms with Crippen LogP contribution in [0.2, 0.25) is 0 Å². The van der Waals surface area contributed by atoms with E-state index in [0.717, 1.165) is 17.5 Å². The molecule has 0 saturated carbocycles. The zero-order valence-corrected chi connectivity index (χ0v) is 17.0. The number of rotatable bonds is 11. The lowest BCUT2D eigenvalue weighted by Crippen LogP contribution is -2.10. The number of methoxy groups -OCH3 is 3. The van der Waals surface area contributed by atoms with Crippen molar-refractivity contribution in [3.05, 3.63) is 66.3 Å². The predicted octanol–water partition coefficient (Wildman–Crippen LogP) is 4.08. The van der Waals surface area contributed by atoms with Crippen molar-refractivity contribution in [3.63, 3.8) is 0 Å². The van der Waals surface area contributed by atoms with Gasteiger partial charge in [-0.15, -0.1) is 6.58 Å². The van der Waals surface area contributed by atoms with Gasteiger partial charge in [-0.2, -0.15) is 0 Å². The Morgan fingerprint density at radius 3 is 2.10 bits per heavy atom. The van der Waals surface area contributed by atoms with Gasteiger partial charge >= 0.3 is 5.97 Å². The molecule has 0 aromatic heterocycles. The Balaban J connectivity index is 1.94. The molecule has 0 heterocycles. The van der Waals surface area contributed by atoms with Crippen LogP contribution in [0, 0.1) is 0 Å². The molecule has 154 valence electrons. The molecule has 6 heteroatoms. The van der Waals surface area contributed by atoms with Crippen LogP contribution < -0.4 is 18.9 Å². The van der Waals surface area contributed by atoms with E-state index in [1.54, 1.807) is 32.4 Å². The maximum absolute atomic E-state index is 11.2. The summed E-state index contributed by atoms with van der Waals surface area (Å²) in [7, 11) is 4.50. The SMILES string of the molecule is C=CCc1ccc(OCCOc2ccc(/C=C/C(=O)OC)cc2OC)c(OC)c1. The van der Waals surface area contributed by atoms with Crippen molar-refractivity contribution in [2.24, 2.45) is 0 Å². The summed E-state index contributed by atoms with van der Waals surface area (Å²) >= 11 is 0. The Morgan fingerprint density at radius 1 is 0.897 bits per heavy atom. The van der Waals surface area contributed by atoms with Crippen LogP contribution in [0.3, 0.4) is 0 Å². The Hall–Kier alpha value is -3.41. The van der Waals surface area contributed by atoms with Crippen LogP contribution in [0.25, 0.3) is 6.08 Å². The molecule has 0 saturated heterocycles. The topological polar surface area (TPSA) is 63.2 Å². The Labute approximate surface area is 171 Å². The molecule has 0 fully saturated rings. The van der Waals surface area contributed by atoms with Crippen LogP contribution >= 0.6 is 0 Å². The van der Waals surface area contributed by atoms with Crippen molar-refractivity contribution in [1.82, 2.24) is 0 Å². The molecule has 0 N–H and O–H groups in total. The summed E-state index contributed by atoms with van der Waals surface area (Å²) in [6.45, 7) is 4.40. The maximum atomic E-state index is 11.2. The highest BCUT2D eigenvalue weighted by Crippen LogP contribution is 2.30. The largest absolute Gasteiger partial charge is 0.493 e. The lowest BCUT2D eigenvalue weighted by molar-refractivity contribution is -0.134. The van der Waals surface area contributed by atoms with Gasteiger partial charge in [-0.05, 0) is 47.9 Å². The Bertz CT molecular complexity index is 856. The van der Waals surface area contributed by atoms with Crippen molar-refractivity contribution in [3.8, 4) is 23.0 Å². The number of allylic oxidation sites excluding steroid dienone is 1. The van der Waals surface area contributed by atoms with E-state index in [4.69, 9.17) is 18.9 Å². The molecule has 0 radical (unpaired) electrons. The first kappa shape index (κ1) is 21.9. The first-order valence-corrected chi connectivity index (χ1v) is 9.08. The van der Waals surface area contributed by atoms with Gasteiger partial charge in [-0.25, -0.2) is 4.79 Å². The van der Waals surface area contributed by atoms with E-state index in [1.807, 2.05) is 30.3 Å². The second kappa shape index (κ2) is 11.4. The monoisotopic (exact) mass is 398 g/mol. The van der Waals surface area contributed by atoms with E-state index < -0.39 is 5.97 Å². The molecule has 0 unspecified atom stereocenters. The molecule has 2 rings (SSSR count). The van der Waals surface area contributed by atoms with E-state index in [0.29, 0.717) is 36.2 Å². The lowest BCUT2D eigenvalue weighted by atomic mass is 10.1. The van der Waals surface area contributed by atoms with Crippen LogP contribution in [0.1, 0.15) is 11.1 Å². The van der Waals surface area contributed by atoms with E-state index in [1.165, 1.54) is 13.2 Å². The van der Waals surface area contributed by atoms with E-state index in [2.05, 4.69) is 11.3 Å². The second-order valence-corrected chi connectivity index (χ2v) is 5.94. The van der Waals surface area contributed by atoms with Crippen LogP contribution in [0.15, 0.2) is 55.1 Å².